The molecule has 0 spiro atoms. The molecule has 18 heavy (non-hydrogen) atoms. The van der Waals surface area contributed by atoms with Crippen molar-refractivity contribution in [2.45, 2.75) is 38.7 Å². The first kappa shape index (κ1) is 20.6. The van der Waals surface area contributed by atoms with Gasteiger partial charge in [-0.3, -0.25) is 4.18 Å². The van der Waals surface area contributed by atoms with Crippen LogP contribution in [0.1, 0.15) is 32.6 Å². The summed E-state index contributed by atoms with van der Waals surface area (Å²) in [4.78, 5) is 0. The molecule has 0 saturated carbocycles. The van der Waals surface area contributed by atoms with E-state index in [0.717, 1.165) is 19.3 Å². The molecule has 0 amide bonds. The molecule has 0 aliphatic heterocycles. The number of allylic oxidation sites excluding steroid dienone is 3. The number of hydrogen-bond acceptors (Lipinski definition) is 5. The molecule has 1 N–H and O–H groups in total. The summed E-state index contributed by atoms with van der Waals surface area (Å²) in [5.74, 6) is 0. The Morgan fingerprint density at radius 3 is 2.44 bits per heavy atom. The Balaban J connectivity index is 0. The van der Waals surface area contributed by atoms with Crippen molar-refractivity contribution in [2.75, 3.05) is 6.61 Å². The van der Waals surface area contributed by atoms with Crippen molar-refractivity contribution >= 4 is 10.4 Å². The van der Waals surface area contributed by atoms with Crippen molar-refractivity contribution in [2.24, 2.45) is 0 Å². The van der Waals surface area contributed by atoms with Crippen LogP contribution < -0.4 is 29.6 Å². The van der Waals surface area contributed by atoms with Gasteiger partial charge in [0.2, 0.25) is 10.4 Å². The summed E-state index contributed by atoms with van der Waals surface area (Å²) in [5, 5.41) is 9.26. The third-order valence-corrected chi connectivity index (χ3v) is 2.30. The Labute approximate surface area is 131 Å². The zero-order valence-corrected chi connectivity index (χ0v) is 13.7. The van der Waals surface area contributed by atoms with Gasteiger partial charge in [-0.1, -0.05) is 37.6 Å². The fraction of sp³-hybridized carbons (Fsp3) is 0.636. The number of hydrogen-bond donors (Lipinski definition) is 1. The molecule has 0 aromatic rings. The fourth-order valence-corrected chi connectivity index (χ4v) is 1.36. The molecule has 0 saturated heterocycles. The van der Waals surface area contributed by atoms with E-state index in [4.69, 9.17) is 0 Å². The van der Waals surface area contributed by atoms with E-state index in [0.29, 0.717) is 0 Å². The Bertz CT molecular complexity index is 337. The van der Waals surface area contributed by atoms with Crippen LogP contribution >= 0.6 is 0 Å². The van der Waals surface area contributed by atoms with E-state index in [1.807, 2.05) is 12.2 Å². The Hall–Kier alpha value is 0.310. The average Bonchev–Trinajstić information content (AvgIpc) is 2.24. The molecule has 0 aliphatic carbocycles. The van der Waals surface area contributed by atoms with E-state index < -0.39 is 23.1 Å². The van der Waals surface area contributed by atoms with E-state index in [1.165, 1.54) is 0 Å². The quantitative estimate of drug-likeness (QED) is 0.242. The molecule has 0 bridgehead atoms. The third kappa shape index (κ3) is 16.3. The van der Waals surface area contributed by atoms with Gasteiger partial charge in [-0.05, 0) is 19.3 Å². The molecule has 5 nitrogen and oxygen atoms in total. The maximum absolute atomic E-state index is 10.1. The molecule has 100 valence electrons. The van der Waals surface area contributed by atoms with Crippen LogP contribution in [0.3, 0.4) is 0 Å². The van der Waals surface area contributed by atoms with Gasteiger partial charge in [0.05, 0.1) is 12.7 Å². The van der Waals surface area contributed by atoms with Crippen molar-refractivity contribution in [3.63, 3.8) is 0 Å². The van der Waals surface area contributed by atoms with Crippen molar-refractivity contribution in [3.8, 4) is 0 Å². The van der Waals surface area contributed by atoms with E-state index in [-0.39, 0.29) is 36.0 Å². The first-order valence-electron chi connectivity index (χ1n) is 5.54. The zero-order valence-electron chi connectivity index (χ0n) is 10.9. The molecular formula is C11H19NaO5S. The molecule has 1 unspecified atom stereocenters. The van der Waals surface area contributed by atoms with Crippen molar-refractivity contribution in [1.82, 2.24) is 0 Å². The van der Waals surface area contributed by atoms with Crippen LogP contribution in [0.15, 0.2) is 24.3 Å². The van der Waals surface area contributed by atoms with E-state index >= 15 is 0 Å². The monoisotopic (exact) mass is 286 g/mol. The second-order valence-corrected chi connectivity index (χ2v) is 4.60. The van der Waals surface area contributed by atoms with Crippen LogP contribution in [0.5, 0.6) is 0 Å². The van der Waals surface area contributed by atoms with E-state index in [9.17, 15) is 18.1 Å². The smallest absolute Gasteiger partial charge is 0.726 e. The molecule has 0 rings (SSSR count). The minimum Gasteiger partial charge on any atom is -0.726 e. The van der Waals surface area contributed by atoms with Gasteiger partial charge in [-0.15, -0.1) is 0 Å². The molecule has 0 fully saturated rings. The summed E-state index contributed by atoms with van der Waals surface area (Å²) in [5.41, 5.74) is 0. The summed E-state index contributed by atoms with van der Waals surface area (Å²) in [6, 6.07) is 0. The molecule has 0 heterocycles. The second kappa shape index (κ2) is 12.3. The predicted molar refractivity (Wildman–Crippen MR) is 64.1 cm³/mol. The Morgan fingerprint density at radius 2 is 1.89 bits per heavy atom. The zero-order chi connectivity index (χ0) is 13.1. The van der Waals surface area contributed by atoms with Gasteiger partial charge in [-0.2, -0.15) is 0 Å². The Morgan fingerprint density at radius 1 is 1.28 bits per heavy atom. The molecule has 7 heteroatoms. The maximum Gasteiger partial charge on any atom is 1.00 e. The van der Waals surface area contributed by atoms with Crippen LogP contribution in [0.2, 0.25) is 0 Å². The molecule has 0 radical (unpaired) electrons. The SMILES string of the molecule is CCC/C=C\C/C=C\CC(O)COS(=O)(=O)[O-].[Na+]. The van der Waals surface area contributed by atoms with Crippen LogP contribution in [-0.2, 0) is 14.6 Å². The van der Waals surface area contributed by atoms with Crippen molar-refractivity contribution < 1.29 is 51.8 Å². The summed E-state index contributed by atoms with van der Waals surface area (Å²) >= 11 is 0. The summed E-state index contributed by atoms with van der Waals surface area (Å²) in [6.45, 7) is 1.60. The fourth-order valence-electron chi connectivity index (χ4n) is 1.04. The topological polar surface area (TPSA) is 86.7 Å². The van der Waals surface area contributed by atoms with Gasteiger partial charge in [0.25, 0.3) is 0 Å². The van der Waals surface area contributed by atoms with Crippen molar-refractivity contribution in [1.29, 1.82) is 0 Å². The van der Waals surface area contributed by atoms with Gasteiger partial charge in [0, 0.05) is 0 Å². The predicted octanol–water partition coefficient (Wildman–Crippen LogP) is -1.48. The van der Waals surface area contributed by atoms with E-state index in [2.05, 4.69) is 17.2 Å². The van der Waals surface area contributed by atoms with Crippen LogP contribution in [-0.4, -0.2) is 30.8 Å². The van der Waals surface area contributed by atoms with Crippen LogP contribution in [0.4, 0.5) is 0 Å². The first-order valence-corrected chi connectivity index (χ1v) is 6.87. The number of aliphatic hydroxyl groups excluding tert-OH is 1. The van der Waals surface area contributed by atoms with Gasteiger partial charge in [-0.25, -0.2) is 8.42 Å². The van der Waals surface area contributed by atoms with Crippen LogP contribution in [0.25, 0.3) is 0 Å². The number of unbranched alkanes of at least 4 members (excludes halogenated alkanes) is 1. The number of rotatable bonds is 9. The van der Waals surface area contributed by atoms with Crippen molar-refractivity contribution in [3.05, 3.63) is 24.3 Å². The van der Waals surface area contributed by atoms with Gasteiger partial charge < -0.3 is 9.66 Å². The molecule has 0 aliphatic rings. The van der Waals surface area contributed by atoms with Gasteiger partial charge >= 0.3 is 29.6 Å². The van der Waals surface area contributed by atoms with Gasteiger partial charge in [0.15, 0.2) is 0 Å². The summed E-state index contributed by atoms with van der Waals surface area (Å²) < 4.78 is 34.2. The Kier molecular flexibility index (Phi) is 14.1. The maximum atomic E-state index is 10.1. The van der Waals surface area contributed by atoms with Gasteiger partial charge in [0.1, 0.15) is 0 Å². The third-order valence-electron chi connectivity index (χ3n) is 1.87. The standard InChI is InChI=1S/C11H20O5S.Na/c1-2-3-4-5-6-7-8-9-11(12)10-16-17(13,14)15;/h4-5,7-8,11-12H,2-3,6,9-10H2,1H3,(H,13,14,15);/q;+1/p-1/b5-4-,8-7-;. The largest absolute Gasteiger partial charge is 1.00 e. The summed E-state index contributed by atoms with van der Waals surface area (Å²) in [6.07, 6.45) is 9.90. The minimum absolute atomic E-state index is 0. The average molecular weight is 286 g/mol. The molecular weight excluding hydrogens is 267 g/mol. The summed E-state index contributed by atoms with van der Waals surface area (Å²) in [7, 11) is -4.71. The first-order chi connectivity index (χ1) is 7.95. The molecule has 0 aromatic carbocycles. The minimum atomic E-state index is -4.71. The second-order valence-electron chi connectivity index (χ2n) is 3.55. The van der Waals surface area contributed by atoms with Crippen LogP contribution in [0, 0.1) is 0 Å². The normalized spacial score (nSPS) is 13.9. The number of aliphatic hydroxyl groups is 1. The molecule has 1 atom stereocenters. The van der Waals surface area contributed by atoms with E-state index in [1.54, 1.807) is 6.08 Å². The molecule has 0 aromatic heterocycles.